The van der Waals surface area contributed by atoms with Crippen LogP contribution in [0.1, 0.15) is 0 Å². The van der Waals surface area contributed by atoms with Gasteiger partial charge in [-0.1, -0.05) is 158 Å². The molecule has 0 aliphatic rings. The molecular formula is C55H33N3O. The van der Waals surface area contributed by atoms with E-state index in [1.807, 2.05) is 12.1 Å². The van der Waals surface area contributed by atoms with Crippen LogP contribution in [0.2, 0.25) is 0 Å². The Hall–Kier alpha value is -7.95. The van der Waals surface area contributed by atoms with E-state index in [0.717, 1.165) is 77.0 Å². The maximum Gasteiger partial charge on any atom is 0.164 e. The van der Waals surface area contributed by atoms with Crippen molar-refractivity contribution in [3.8, 4) is 56.4 Å². The third kappa shape index (κ3) is 5.65. The Labute approximate surface area is 339 Å². The highest BCUT2D eigenvalue weighted by Gasteiger charge is 2.20. The van der Waals surface area contributed by atoms with Gasteiger partial charge in [0.15, 0.2) is 17.5 Å². The number of benzene rings is 10. The molecule has 0 radical (unpaired) electrons. The van der Waals surface area contributed by atoms with E-state index >= 15 is 0 Å². The van der Waals surface area contributed by atoms with E-state index in [4.69, 9.17) is 19.4 Å². The molecule has 0 fully saturated rings. The summed E-state index contributed by atoms with van der Waals surface area (Å²) < 4.78 is 6.53. The maximum atomic E-state index is 6.53. The number of hydrogen-bond donors (Lipinski definition) is 0. The van der Waals surface area contributed by atoms with Gasteiger partial charge < -0.3 is 4.42 Å². The van der Waals surface area contributed by atoms with Crippen molar-refractivity contribution in [3.05, 3.63) is 200 Å². The van der Waals surface area contributed by atoms with Gasteiger partial charge in [0, 0.05) is 27.5 Å². The van der Waals surface area contributed by atoms with Crippen LogP contribution in [0.15, 0.2) is 205 Å². The van der Waals surface area contributed by atoms with Gasteiger partial charge in [-0.05, 0) is 108 Å². The van der Waals surface area contributed by atoms with Gasteiger partial charge in [-0.3, -0.25) is 0 Å². The van der Waals surface area contributed by atoms with Gasteiger partial charge in [-0.15, -0.1) is 0 Å². The van der Waals surface area contributed by atoms with Gasteiger partial charge in [0.1, 0.15) is 11.2 Å². The Morgan fingerprint density at radius 3 is 1.64 bits per heavy atom. The summed E-state index contributed by atoms with van der Waals surface area (Å²) in [4.78, 5) is 15.9. The van der Waals surface area contributed by atoms with Gasteiger partial charge >= 0.3 is 0 Å². The largest absolute Gasteiger partial charge is 0.456 e. The van der Waals surface area contributed by atoms with E-state index in [-0.39, 0.29) is 0 Å². The van der Waals surface area contributed by atoms with Crippen molar-refractivity contribution >= 4 is 65.0 Å². The molecule has 0 aliphatic heterocycles. The monoisotopic (exact) mass is 751 g/mol. The lowest BCUT2D eigenvalue weighted by molar-refractivity contribution is 0.669. The predicted molar refractivity (Wildman–Crippen MR) is 244 cm³/mol. The molecule has 2 aromatic heterocycles. The van der Waals surface area contributed by atoms with E-state index in [1.54, 1.807) is 0 Å². The Kier molecular flexibility index (Phi) is 7.50. The molecule has 12 aromatic rings. The molecule has 2 heterocycles. The number of hydrogen-bond acceptors (Lipinski definition) is 4. The van der Waals surface area contributed by atoms with E-state index in [2.05, 4.69) is 188 Å². The molecule has 0 atom stereocenters. The second-order valence-corrected chi connectivity index (χ2v) is 15.2. The molecule has 0 saturated carbocycles. The molecule has 12 rings (SSSR count). The van der Waals surface area contributed by atoms with Crippen LogP contribution in [0.4, 0.5) is 0 Å². The Balaban J connectivity index is 1.11. The van der Waals surface area contributed by atoms with Gasteiger partial charge in [0.2, 0.25) is 0 Å². The third-order valence-corrected chi connectivity index (χ3v) is 11.6. The standard InChI is InChI=1S/C55H33N3O/c1-2-13-36(14-3-1)47-33-44(31-42-25-23-37-15-8-9-18-45(37)51(42)47)54-56-53(43-26-22-35-12-5-7-17-39(35)30-43)57-55(58-54)46-19-10-20-50-52(46)48-32-41(27-28-49(48)59-50)40-24-21-34-11-4-6-16-38(34)29-40/h1-33H. The Morgan fingerprint density at radius 1 is 0.271 bits per heavy atom. The fourth-order valence-electron chi connectivity index (χ4n) is 8.77. The molecule has 0 saturated heterocycles. The summed E-state index contributed by atoms with van der Waals surface area (Å²) >= 11 is 0. The highest BCUT2D eigenvalue weighted by molar-refractivity contribution is 6.16. The Morgan fingerprint density at radius 2 is 0.847 bits per heavy atom. The first-order chi connectivity index (χ1) is 29.2. The van der Waals surface area contributed by atoms with Crippen molar-refractivity contribution in [2.75, 3.05) is 0 Å². The summed E-state index contributed by atoms with van der Waals surface area (Å²) in [6, 6.07) is 70.6. The summed E-state index contributed by atoms with van der Waals surface area (Å²) in [5, 5.41) is 11.5. The SMILES string of the molecule is c1ccc(-c2cc(-c3nc(-c4ccc5ccccc5c4)nc(-c4cccc5oc6ccc(-c7ccc8ccccc8c7)cc6c45)n3)cc3ccc4ccccc4c23)cc1. The van der Waals surface area contributed by atoms with Gasteiger partial charge in [-0.2, -0.15) is 0 Å². The zero-order chi connectivity index (χ0) is 38.9. The summed E-state index contributed by atoms with van der Waals surface area (Å²) in [6.45, 7) is 0. The number of fused-ring (bicyclic) bond motifs is 8. The van der Waals surface area contributed by atoms with Crippen molar-refractivity contribution in [1.82, 2.24) is 15.0 Å². The van der Waals surface area contributed by atoms with E-state index in [0.29, 0.717) is 17.5 Å². The molecular weight excluding hydrogens is 719 g/mol. The minimum Gasteiger partial charge on any atom is -0.456 e. The summed E-state index contributed by atoms with van der Waals surface area (Å²) in [7, 11) is 0. The molecule has 0 amide bonds. The first kappa shape index (κ1) is 33.2. The van der Waals surface area contributed by atoms with Crippen molar-refractivity contribution in [1.29, 1.82) is 0 Å². The fraction of sp³-hybridized carbons (Fsp3) is 0. The molecule has 0 bridgehead atoms. The molecule has 0 aliphatic carbocycles. The number of rotatable bonds is 5. The van der Waals surface area contributed by atoms with Crippen LogP contribution in [0, 0.1) is 0 Å². The molecule has 59 heavy (non-hydrogen) atoms. The highest BCUT2D eigenvalue weighted by atomic mass is 16.3. The maximum absolute atomic E-state index is 6.53. The van der Waals surface area contributed by atoms with Crippen LogP contribution in [0.5, 0.6) is 0 Å². The molecule has 4 nitrogen and oxygen atoms in total. The predicted octanol–water partition coefficient (Wildman–Crippen LogP) is 14.7. The number of furan rings is 1. The third-order valence-electron chi connectivity index (χ3n) is 11.6. The van der Waals surface area contributed by atoms with Crippen LogP contribution < -0.4 is 0 Å². The van der Waals surface area contributed by atoms with Crippen molar-refractivity contribution in [3.63, 3.8) is 0 Å². The average molecular weight is 752 g/mol. The molecule has 0 spiro atoms. The first-order valence-electron chi connectivity index (χ1n) is 19.9. The zero-order valence-corrected chi connectivity index (χ0v) is 31.8. The van der Waals surface area contributed by atoms with Crippen molar-refractivity contribution < 1.29 is 4.42 Å². The van der Waals surface area contributed by atoms with Crippen LogP contribution in [0.3, 0.4) is 0 Å². The second kappa shape index (κ2) is 13.3. The molecule has 274 valence electrons. The Bertz CT molecular complexity index is 3620. The first-order valence-corrected chi connectivity index (χ1v) is 19.9. The molecule has 0 unspecified atom stereocenters. The summed E-state index contributed by atoms with van der Waals surface area (Å²) in [5.74, 6) is 1.80. The lowest BCUT2D eigenvalue weighted by atomic mass is 9.91. The van der Waals surface area contributed by atoms with E-state index in [9.17, 15) is 0 Å². The summed E-state index contributed by atoms with van der Waals surface area (Å²) in [6.07, 6.45) is 0. The summed E-state index contributed by atoms with van der Waals surface area (Å²) in [5.41, 5.74) is 8.86. The van der Waals surface area contributed by atoms with Crippen LogP contribution in [0.25, 0.3) is 121 Å². The van der Waals surface area contributed by atoms with Crippen molar-refractivity contribution in [2.24, 2.45) is 0 Å². The van der Waals surface area contributed by atoms with Gasteiger partial charge in [0.05, 0.1) is 0 Å². The fourth-order valence-corrected chi connectivity index (χ4v) is 8.77. The zero-order valence-electron chi connectivity index (χ0n) is 31.8. The van der Waals surface area contributed by atoms with Crippen molar-refractivity contribution in [2.45, 2.75) is 0 Å². The van der Waals surface area contributed by atoms with E-state index in [1.165, 1.54) is 26.9 Å². The topological polar surface area (TPSA) is 51.8 Å². The van der Waals surface area contributed by atoms with Gasteiger partial charge in [-0.25, -0.2) is 15.0 Å². The van der Waals surface area contributed by atoms with Gasteiger partial charge in [0.25, 0.3) is 0 Å². The minimum absolute atomic E-state index is 0.586. The lowest BCUT2D eigenvalue weighted by Crippen LogP contribution is -2.01. The quantitative estimate of drug-likeness (QED) is 0.164. The number of aromatic nitrogens is 3. The number of nitrogens with zero attached hydrogens (tertiary/aromatic N) is 3. The highest BCUT2D eigenvalue weighted by Crippen LogP contribution is 2.41. The van der Waals surface area contributed by atoms with Crippen LogP contribution >= 0.6 is 0 Å². The smallest absolute Gasteiger partial charge is 0.164 e. The van der Waals surface area contributed by atoms with E-state index < -0.39 is 0 Å². The minimum atomic E-state index is 0.586. The molecule has 4 heteroatoms. The normalized spacial score (nSPS) is 11.7. The van der Waals surface area contributed by atoms with Crippen LogP contribution in [-0.2, 0) is 0 Å². The molecule has 10 aromatic carbocycles. The average Bonchev–Trinajstić information content (AvgIpc) is 3.69. The van der Waals surface area contributed by atoms with Crippen LogP contribution in [-0.4, -0.2) is 15.0 Å². The molecule has 0 N–H and O–H groups in total. The second-order valence-electron chi connectivity index (χ2n) is 15.2. The lowest BCUT2D eigenvalue weighted by Gasteiger charge is -2.14.